The molecule has 0 spiro atoms. The van der Waals surface area contributed by atoms with Crippen LogP contribution in [0.4, 0.5) is 4.79 Å². The lowest BCUT2D eigenvalue weighted by Gasteiger charge is -2.41. The van der Waals surface area contributed by atoms with Crippen molar-refractivity contribution < 1.29 is 24.2 Å². The molecule has 2 aromatic rings. The van der Waals surface area contributed by atoms with Crippen LogP contribution >= 0.6 is 0 Å². The Hall–Kier alpha value is -3.35. The van der Waals surface area contributed by atoms with Gasteiger partial charge in [0.1, 0.15) is 6.61 Å². The zero-order chi connectivity index (χ0) is 21.8. The highest BCUT2D eigenvalue weighted by atomic mass is 16.5. The van der Waals surface area contributed by atoms with Crippen LogP contribution in [0.25, 0.3) is 11.1 Å². The minimum Gasteiger partial charge on any atom is -0.481 e. The minimum atomic E-state index is -0.920. The molecule has 2 aromatic carbocycles. The number of hydrogen-bond donors (Lipinski definition) is 3. The fourth-order valence-corrected chi connectivity index (χ4v) is 4.52. The molecule has 0 aromatic heterocycles. The Labute approximate surface area is 180 Å². The lowest BCUT2D eigenvalue weighted by molar-refractivity contribution is -0.140. The Morgan fingerprint density at radius 3 is 2.16 bits per heavy atom. The summed E-state index contributed by atoms with van der Waals surface area (Å²) in [6.45, 7) is 0.347. The largest absolute Gasteiger partial charge is 0.481 e. The van der Waals surface area contributed by atoms with E-state index in [0.29, 0.717) is 12.8 Å². The maximum absolute atomic E-state index is 12.2. The number of amides is 2. The van der Waals surface area contributed by atoms with Crippen molar-refractivity contribution in [1.29, 1.82) is 0 Å². The molecule has 4 rings (SSSR count). The van der Waals surface area contributed by atoms with Crippen molar-refractivity contribution in [3.8, 4) is 11.1 Å². The summed E-state index contributed by atoms with van der Waals surface area (Å²) < 4.78 is 5.45. The number of aliphatic carboxylic acids is 1. The number of rotatable bonds is 8. The van der Waals surface area contributed by atoms with E-state index in [1.165, 1.54) is 0 Å². The average Bonchev–Trinajstić information content (AvgIpc) is 3.04. The van der Waals surface area contributed by atoms with Crippen LogP contribution in [-0.2, 0) is 14.3 Å². The second-order valence-electron chi connectivity index (χ2n) is 8.25. The summed E-state index contributed by atoms with van der Waals surface area (Å²) in [6.07, 6.45) is 1.68. The van der Waals surface area contributed by atoms with Crippen molar-refractivity contribution in [2.24, 2.45) is 0 Å². The molecule has 0 radical (unpaired) electrons. The number of carbonyl (C=O) groups is 3. The molecule has 0 heterocycles. The van der Waals surface area contributed by atoms with E-state index < -0.39 is 17.6 Å². The zero-order valence-electron chi connectivity index (χ0n) is 17.2. The number of benzene rings is 2. The first-order chi connectivity index (χ1) is 15.0. The summed E-state index contributed by atoms with van der Waals surface area (Å²) >= 11 is 0. The van der Waals surface area contributed by atoms with Gasteiger partial charge in [0, 0.05) is 18.9 Å². The van der Waals surface area contributed by atoms with Crippen molar-refractivity contribution in [2.45, 2.75) is 43.6 Å². The molecule has 0 saturated heterocycles. The van der Waals surface area contributed by atoms with Gasteiger partial charge in [0.05, 0.1) is 12.0 Å². The third-order valence-electron chi connectivity index (χ3n) is 6.17. The third-order valence-corrected chi connectivity index (χ3v) is 6.17. The van der Waals surface area contributed by atoms with Crippen molar-refractivity contribution in [3.05, 3.63) is 59.7 Å². The van der Waals surface area contributed by atoms with Gasteiger partial charge in [-0.1, -0.05) is 48.5 Å². The van der Waals surface area contributed by atoms with Crippen LogP contribution in [0.3, 0.4) is 0 Å². The summed E-state index contributed by atoms with van der Waals surface area (Å²) in [7, 11) is 0. The van der Waals surface area contributed by atoms with Crippen LogP contribution in [-0.4, -0.2) is 41.8 Å². The number of hydrogen-bond acceptors (Lipinski definition) is 4. The van der Waals surface area contributed by atoms with Gasteiger partial charge in [-0.25, -0.2) is 4.79 Å². The van der Waals surface area contributed by atoms with Crippen LogP contribution in [0.1, 0.15) is 49.1 Å². The topological polar surface area (TPSA) is 105 Å². The van der Waals surface area contributed by atoms with Gasteiger partial charge in [-0.2, -0.15) is 0 Å². The monoisotopic (exact) mass is 422 g/mol. The quantitative estimate of drug-likeness (QED) is 0.605. The highest BCUT2D eigenvalue weighted by Gasteiger charge is 2.40. The van der Waals surface area contributed by atoms with E-state index >= 15 is 0 Å². The predicted molar refractivity (Wildman–Crippen MR) is 115 cm³/mol. The van der Waals surface area contributed by atoms with Crippen LogP contribution in [0.2, 0.25) is 0 Å². The maximum Gasteiger partial charge on any atom is 0.407 e. The smallest absolute Gasteiger partial charge is 0.407 e. The summed E-state index contributed by atoms with van der Waals surface area (Å²) in [5.41, 5.74) is 3.97. The zero-order valence-corrected chi connectivity index (χ0v) is 17.2. The van der Waals surface area contributed by atoms with Crippen molar-refractivity contribution in [2.75, 3.05) is 13.2 Å². The molecule has 0 unspecified atom stereocenters. The fourth-order valence-electron chi connectivity index (χ4n) is 4.52. The van der Waals surface area contributed by atoms with E-state index in [4.69, 9.17) is 9.84 Å². The van der Waals surface area contributed by atoms with Gasteiger partial charge in [0.2, 0.25) is 5.91 Å². The van der Waals surface area contributed by atoms with Gasteiger partial charge >= 0.3 is 12.1 Å². The predicted octanol–water partition coefficient (Wildman–Crippen LogP) is 3.43. The summed E-state index contributed by atoms with van der Waals surface area (Å²) in [5.74, 6) is -1.20. The van der Waals surface area contributed by atoms with Gasteiger partial charge in [-0.05, 0) is 41.5 Å². The lowest BCUT2D eigenvalue weighted by atomic mass is 9.74. The molecule has 1 saturated carbocycles. The summed E-state index contributed by atoms with van der Waals surface area (Å²) in [4.78, 5) is 35.3. The van der Waals surface area contributed by atoms with Gasteiger partial charge in [0.25, 0.3) is 0 Å². The lowest BCUT2D eigenvalue weighted by Crippen LogP contribution is -2.55. The molecular weight excluding hydrogens is 396 g/mol. The first kappa shape index (κ1) is 20.9. The number of carboxylic acids is 1. The van der Waals surface area contributed by atoms with E-state index in [1.54, 1.807) is 0 Å². The molecular formula is C24H26N2O5. The first-order valence-corrected chi connectivity index (χ1v) is 10.6. The van der Waals surface area contributed by atoms with E-state index in [1.807, 2.05) is 24.3 Å². The van der Waals surface area contributed by atoms with Gasteiger partial charge in [-0.3, -0.25) is 9.59 Å². The average molecular weight is 422 g/mol. The van der Waals surface area contributed by atoms with E-state index in [-0.39, 0.29) is 37.8 Å². The molecule has 2 aliphatic carbocycles. The Morgan fingerprint density at radius 2 is 1.61 bits per heavy atom. The molecule has 3 N–H and O–H groups in total. The fraction of sp³-hybridized carbons (Fsp3) is 0.375. The van der Waals surface area contributed by atoms with Gasteiger partial charge < -0.3 is 20.5 Å². The van der Waals surface area contributed by atoms with Crippen molar-refractivity contribution in [3.63, 3.8) is 0 Å². The molecule has 162 valence electrons. The van der Waals surface area contributed by atoms with E-state index in [9.17, 15) is 14.4 Å². The highest BCUT2D eigenvalue weighted by molar-refractivity contribution is 5.80. The number of ether oxygens (including phenoxy) is 1. The van der Waals surface area contributed by atoms with E-state index in [2.05, 4.69) is 34.9 Å². The molecule has 7 nitrogen and oxygen atoms in total. The Bertz CT molecular complexity index is 953. The van der Waals surface area contributed by atoms with Crippen molar-refractivity contribution in [1.82, 2.24) is 10.6 Å². The van der Waals surface area contributed by atoms with Gasteiger partial charge in [0.15, 0.2) is 0 Å². The number of fused-ring (bicyclic) bond motifs is 3. The normalized spacial score (nSPS) is 15.9. The molecule has 0 atom stereocenters. The second-order valence-corrected chi connectivity index (χ2v) is 8.25. The van der Waals surface area contributed by atoms with Crippen LogP contribution in [0, 0.1) is 0 Å². The van der Waals surface area contributed by atoms with Crippen LogP contribution in [0.15, 0.2) is 48.5 Å². The minimum absolute atomic E-state index is 0.0176. The Morgan fingerprint density at radius 1 is 1.00 bits per heavy atom. The number of alkyl carbamates (subject to hydrolysis) is 1. The molecule has 0 aliphatic heterocycles. The molecule has 2 amide bonds. The SMILES string of the molecule is O=C(O)CC1(NC(=O)CCNC(=O)OCC2c3ccccc3-c3ccccc32)CCC1. The number of carbonyl (C=O) groups excluding carboxylic acids is 2. The first-order valence-electron chi connectivity index (χ1n) is 10.6. The summed E-state index contributed by atoms with van der Waals surface area (Å²) in [6, 6.07) is 16.2. The van der Waals surface area contributed by atoms with E-state index in [0.717, 1.165) is 28.7 Å². The molecule has 31 heavy (non-hydrogen) atoms. The number of carboxylic acid groups (broad SMARTS) is 1. The number of nitrogens with one attached hydrogen (secondary N) is 2. The van der Waals surface area contributed by atoms with Crippen LogP contribution in [0.5, 0.6) is 0 Å². The van der Waals surface area contributed by atoms with Gasteiger partial charge in [-0.15, -0.1) is 0 Å². The third kappa shape index (κ3) is 4.55. The Balaban J connectivity index is 1.25. The maximum atomic E-state index is 12.2. The molecule has 0 bridgehead atoms. The highest BCUT2D eigenvalue weighted by Crippen LogP contribution is 2.44. The standard InChI is InChI=1S/C24H26N2O5/c27-21(26-24(11-5-12-24)14-22(28)29)10-13-25-23(30)31-15-20-18-8-3-1-6-16(18)17-7-2-4-9-19(17)20/h1-4,6-9,20H,5,10-15H2,(H,25,30)(H,26,27)(H,28,29). The molecule has 1 fully saturated rings. The summed E-state index contributed by atoms with van der Waals surface area (Å²) in [5, 5.41) is 14.5. The Kier molecular flexibility index (Phi) is 5.93. The van der Waals surface area contributed by atoms with Crippen LogP contribution < -0.4 is 10.6 Å². The molecule has 2 aliphatic rings. The molecule has 7 heteroatoms. The second kappa shape index (κ2) is 8.79. The van der Waals surface area contributed by atoms with Crippen molar-refractivity contribution >= 4 is 18.0 Å².